The second-order valence-electron chi connectivity index (χ2n) is 5.46. The van der Waals surface area contributed by atoms with Crippen molar-refractivity contribution in [1.82, 2.24) is 15.1 Å². The molecule has 2 aliphatic heterocycles. The van der Waals surface area contributed by atoms with Crippen molar-refractivity contribution in [3.05, 3.63) is 0 Å². The fourth-order valence-electron chi connectivity index (χ4n) is 2.82. The third-order valence-corrected chi connectivity index (χ3v) is 3.99. The summed E-state index contributed by atoms with van der Waals surface area (Å²) in [4.78, 5) is 27.8. The maximum atomic E-state index is 12.1. The zero-order valence-electron chi connectivity index (χ0n) is 11.9. The first kappa shape index (κ1) is 14.3. The molecule has 1 atom stereocenters. The van der Waals surface area contributed by atoms with Crippen molar-refractivity contribution in [1.29, 1.82) is 0 Å². The van der Waals surface area contributed by atoms with Gasteiger partial charge in [-0.2, -0.15) is 0 Å². The van der Waals surface area contributed by atoms with Crippen molar-refractivity contribution in [3.63, 3.8) is 0 Å². The molecule has 5 nitrogen and oxygen atoms in total. The Morgan fingerprint density at radius 2 is 2.05 bits per heavy atom. The molecule has 0 radical (unpaired) electrons. The van der Waals surface area contributed by atoms with Gasteiger partial charge >= 0.3 is 0 Å². The Bertz CT molecular complexity index is 327. The Morgan fingerprint density at radius 1 is 1.32 bits per heavy atom. The lowest BCUT2D eigenvalue weighted by atomic mass is 10.2. The van der Waals surface area contributed by atoms with E-state index in [1.807, 2.05) is 9.80 Å². The van der Waals surface area contributed by atoms with Crippen LogP contribution in [0.25, 0.3) is 0 Å². The molecule has 0 spiro atoms. The number of hydrogen-bond acceptors (Lipinski definition) is 3. The van der Waals surface area contributed by atoms with Crippen LogP contribution in [0.4, 0.5) is 0 Å². The van der Waals surface area contributed by atoms with Crippen LogP contribution in [0.15, 0.2) is 0 Å². The van der Waals surface area contributed by atoms with Gasteiger partial charge in [0.2, 0.25) is 11.8 Å². The van der Waals surface area contributed by atoms with Crippen molar-refractivity contribution in [2.75, 3.05) is 32.7 Å². The third-order valence-electron chi connectivity index (χ3n) is 3.99. The van der Waals surface area contributed by atoms with Crippen molar-refractivity contribution < 1.29 is 9.59 Å². The maximum absolute atomic E-state index is 12.1. The lowest BCUT2D eigenvalue weighted by molar-refractivity contribution is -0.132. The van der Waals surface area contributed by atoms with E-state index in [1.54, 1.807) is 0 Å². The molecule has 2 rings (SSSR count). The van der Waals surface area contributed by atoms with E-state index in [-0.39, 0.29) is 17.9 Å². The van der Waals surface area contributed by atoms with E-state index in [0.717, 1.165) is 51.9 Å². The van der Waals surface area contributed by atoms with Crippen molar-refractivity contribution in [3.8, 4) is 0 Å². The van der Waals surface area contributed by atoms with Gasteiger partial charge in [-0.1, -0.05) is 6.92 Å². The van der Waals surface area contributed by atoms with Crippen LogP contribution in [0.2, 0.25) is 0 Å². The average molecular weight is 267 g/mol. The van der Waals surface area contributed by atoms with E-state index in [4.69, 9.17) is 0 Å². The predicted octanol–water partition coefficient (Wildman–Crippen LogP) is 0.599. The number of carbonyl (C=O) groups excluding carboxylic acids is 2. The molecule has 0 aromatic carbocycles. The quantitative estimate of drug-likeness (QED) is 0.767. The summed E-state index contributed by atoms with van der Waals surface area (Å²) in [7, 11) is 0. The highest BCUT2D eigenvalue weighted by molar-refractivity contribution is 5.84. The van der Waals surface area contributed by atoms with Gasteiger partial charge in [0.05, 0.1) is 6.04 Å². The molecule has 2 saturated heterocycles. The zero-order chi connectivity index (χ0) is 13.7. The van der Waals surface area contributed by atoms with Gasteiger partial charge in [0, 0.05) is 32.6 Å². The topological polar surface area (TPSA) is 52.7 Å². The van der Waals surface area contributed by atoms with Gasteiger partial charge in [0.25, 0.3) is 0 Å². The molecule has 2 amide bonds. The van der Waals surface area contributed by atoms with E-state index in [2.05, 4.69) is 12.2 Å². The Morgan fingerprint density at radius 3 is 2.74 bits per heavy atom. The Balaban J connectivity index is 1.71. The number of nitrogens with one attached hydrogen (secondary N) is 1. The summed E-state index contributed by atoms with van der Waals surface area (Å²) in [6.07, 6.45) is 4.63. The normalized spacial score (nSPS) is 23.4. The monoisotopic (exact) mass is 267 g/mol. The molecule has 5 heteroatoms. The van der Waals surface area contributed by atoms with Crippen molar-refractivity contribution >= 4 is 11.8 Å². The molecule has 2 aliphatic rings. The molecule has 19 heavy (non-hydrogen) atoms. The molecule has 0 aliphatic carbocycles. The van der Waals surface area contributed by atoms with Gasteiger partial charge in [-0.05, 0) is 32.2 Å². The zero-order valence-corrected chi connectivity index (χ0v) is 11.9. The van der Waals surface area contributed by atoms with Gasteiger partial charge in [0.1, 0.15) is 0 Å². The highest BCUT2D eigenvalue weighted by Gasteiger charge is 2.31. The first-order valence-corrected chi connectivity index (χ1v) is 7.52. The Hall–Kier alpha value is -1.10. The molecule has 1 N–H and O–H groups in total. The molecule has 0 bridgehead atoms. The summed E-state index contributed by atoms with van der Waals surface area (Å²) in [5, 5.41) is 3.27. The molecule has 1 unspecified atom stereocenters. The van der Waals surface area contributed by atoms with Crippen LogP contribution in [-0.2, 0) is 9.59 Å². The number of likely N-dealkylation sites (tertiary alicyclic amines) is 2. The number of amides is 2. The first-order valence-electron chi connectivity index (χ1n) is 7.52. The maximum Gasteiger partial charge on any atom is 0.239 e. The van der Waals surface area contributed by atoms with Gasteiger partial charge in [-0.25, -0.2) is 0 Å². The van der Waals surface area contributed by atoms with Gasteiger partial charge in [0.15, 0.2) is 0 Å². The number of nitrogens with zero attached hydrogens (tertiary/aromatic N) is 2. The van der Waals surface area contributed by atoms with E-state index in [1.165, 1.54) is 0 Å². The summed E-state index contributed by atoms with van der Waals surface area (Å²) in [6.45, 7) is 6.14. The lowest BCUT2D eigenvalue weighted by Crippen LogP contribution is -2.40. The van der Waals surface area contributed by atoms with Crippen LogP contribution in [0.3, 0.4) is 0 Å². The standard InChI is InChI=1S/C14H25N3O2/c1-2-7-15-12-5-10-17(14(12)19)11-6-13(18)16-8-3-4-9-16/h12,15H,2-11H2,1H3. The number of carbonyl (C=O) groups is 2. The van der Waals surface area contributed by atoms with E-state index < -0.39 is 0 Å². The largest absolute Gasteiger partial charge is 0.343 e. The van der Waals surface area contributed by atoms with Crippen LogP contribution >= 0.6 is 0 Å². The second-order valence-corrected chi connectivity index (χ2v) is 5.46. The summed E-state index contributed by atoms with van der Waals surface area (Å²) >= 11 is 0. The SMILES string of the molecule is CCCNC1CCN(CCC(=O)N2CCCC2)C1=O. The summed E-state index contributed by atoms with van der Waals surface area (Å²) in [6, 6.07) is -0.0261. The summed E-state index contributed by atoms with van der Waals surface area (Å²) in [5.74, 6) is 0.373. The molecule has 0 aromatic heterocycles. The molecule has 0 saturated carbocycles. The molecule has 0 aromatic rings. The molecular formula is C14H25N3O2. The number of rotatable bonds is 6. The van der Waals surface area contributed by atoms with Crippen LogP contribution in [-0.4, -0.2) is 60.4 Å². The minimum atomic E-state index is -0.0261. The van der Waals surface area contributed by atoms with Gasteiger partial charge in [-0.15, -0.1) is 0 Å². The van der Waals surface area contributed by atoms with E-state index in [0.29, 0.717) is 13.0 Å². The van der Waals surface area contributed by atoms with E-state index >= 15 is 0 Å². The van der Waals surface area contributed by atoms with Crippen molar-refractivity contribution in [2.24, 2.45) is 0 Å². The van der Waals surface area contributed by atoms with Crippen molar-refractivity contribution in [2.45, 2.75) is 45.1 Å². The molecule has 108 valence electrons. The first-order chi connectivity index (χ1) is 9.22. The molecule has 2 fully saturated rings. The molecular weight excluding hydrogens is 242 g/mol. The minimum absolute atomic E-state index is 0.0261. The van der Waals surface area contributed by atoms with Gasteiger partial charge in [-0.3, -0.25) is 9.59 Å². The smallest absolute Gasteiger partial charge is 0.239 e. The van der Waals surface area contributed by atoms with E-state index in [9.17, 15) is 9.59 Å². The second kappa shape index (κ2) is 6.89. The average Bonchev–Trinajstić information content (AvgIpc) is 3.04. The Kier molecular flexibility index (Phi) is 5.19. The third kappa shape index (κ3) is 3.69. The fraction of sp³-hybridized carbons (Fsp3) is 0.857. The Labute approximate surface area is 115 Å². The predicted molar refractivity (Wildman–Crippen MR) is 73.7 cm³/mol. The number of hydrogen-bond donors (Lipinski definition) is 1. The van der Waals surface area contributed by atoms with Crippen LogP contribution < -0.4 is 5.32 Å². The van der Waals surface area contributed by atoms with Crippen LogP contribution in [0.1, 0.15) is 39.0 Å². The van der Waals surface area contributed by atoms with Gasteiger partial charge < -0.3 is 15.1 Å². The van der Waals surface area contributed by atoms with Crippen LogP contribution in [0, 0.1) is 0 Å². The minimum Gasteiger partial charge on any atom is -0.343 e. The highest BCUT2D eigenvalue weighted by Crippen LogP contribution is 2.13. The summed E-state index contributed by atoms with van der Waals surface area (Å²) < 4.78 is 0. The lowest BCUT2D eigenvalue weighted by Gasteiger charge is -2.19. The highest BCUT2D eigenvalue weighted by atomic mass is 16.2. The fourth-order valence-corrected chi connectivity index (χ4v) is 2.82. The molecule has 2 heterocycles. The van der Waals surface area contributed by atoms with Crippen LogP contribution in [0.5, 0.6) is 0 Å². The summed E-state index contributed by atoms with van der Waals surface area (Å²) in [5.41, 5.74) is 0.